The molecule has 1 saturated heterocycles. The smallest absolute Gasteiger partial charge is 0.220 e. The number of nitrogens with one attached hydrogen (secondary N) is 2. The van der Waals surface area contributed by atoms with Crippen LogP contribution >= 0.6 is 0 Å². The summed E-state index contributed by atoms with van der Waals surface area (Å²) >= 11 is 0. The average molecular weight is 250 g/mol. The maximum atomic E-state index is 11.9. The molecule has 1 amide bonds. The first-order valence-electron chi connectivity index (χ1n) is 7.78. The van der Waals surface area contributed by atoms with Crippen molar-refractivity contribution >= 4 is 5.91 Å². The Balaban J connectivity index is 1.36. The van der Waals surface area contributed by atoms with E-state index in [-0.39, 0.29) is 0 Å². The van der Waals surface area contributed by atoms with Crippen molar-refractivity contribution in [2.45, 2.75) is 44.9 Å². The van der Waals surface area contributed by atoms with Crippen molar-refractivity contribution in [1.29, 1.82) is 0 Å². The molecule has 3 nitrogen and oxygen atoms in total. The summed E-state index contributed by atoms with van der Waals surface area (Å²) in [7, 11) is 0. The molecule has 2 aliphatic carbocycles. The molecule has 3 fully saturated rings. The first-order chi connectivity index (χ1) is 8.81. The van der Waals surface area contributed by atoms with E-state index in [4.69, 9.17) is 0 Å². The topological polar surface area (TPSA) is 41.1 Å². The van der Waals surface area contributed by atoms with Crippen LogP contribution in [0.25, 0.3) is 0 Å². The van der Waals surface area contributed by atoms with Gasteiger partial charge in [0.2, 0.25) is 5.91 Å². The predicted octanol–water partition coefficient (Wildman–Crippen LogP) is 1.93. The SMILES string of the molecule is O=C(CC1CCNCC1)NCC1CC2CCC1C2. The molecule has 0 radical (unpaired) electrons. The van der Waals surface area contributed by atoms with Gasteiger partial charge in [-0.05, 0) is 68.9 Å². The molecular formula is C15H26N2O. The Labute approximate surface area is 110 Å². The van der Waals surface area contributed by atoms with Gasteiger partial charge in [-0.2, -0.15) is 0 Å². The van der Waals surface area contributed by atoms with E-state index in [9.17, 15) is 4.79 Å². The lowest BCUT2D eigenvalue weighted by Crippen LogP contribution is -2.35. The molecule has 0 aromatic heterocycles. The zero-order valence-corrected chi connectivity index (χ0v) is 11.3. The Morgan fingerprint density at radius 2 is 1.94 bits per heavy atom. The number of piperidine rings is 1. The second kappa shape index (κ2) is 5.60. The summed E-state index contributed by atoms with van der Waals surface area (Å²) in [6.45, 7) is 3.12. The van der Waals surface area contributed by atoms with E-state index in [0.29, 0.717) is 11.8 Å². The number of rotatable bonds is 4. The largest absolute Gasteiger partial charge is 0.356 e. The summed E-state index contributed by atoms with van der Waals surface area (Å²) < 4.78 is 0. The lowest BCUT2D eigenvalue weighted by atomic mass is 9.88. The number of hydrogen-bond acceptors (Lipinski definition) is 2. The van der Waals surface area contributed by atoms with Crippen molar-refractivity contribution in [3.8, 4) is 0 Å². The van der Waals surface area contributed by atoms with Crippen LogP contribution in [0.15, 0.2) is 0 Å². The van der Waals surface area contributed by atoms with Crippen LogP contribution in [0.4, 0.5) is 0 Å². The Hall–Kier alpha value is -0.570. The summed E-state index contributed by atoms with van der Waals surface area (Å²) in [6, 6.07) is 0. The lowest BCUT2D eigenvalue weighted by molar-refractivity contribution is -0.122. The molecule has 2 saturated carbocycles. The van der Waals surface area contributed by atoms with E-state index in [1.807, 2.05) is 0 Å². The van der Waals surface area contributed by atoms with Crippen LogP contribution in [-0.4, -0.2) is 25.5 Å². The molecule has 0 aromatic carbocycles. The minimum Gasteiger partial charge on any atom is -0.356 e. The van der Waals surface area contributed by atoms with E-state index in [2.05, 4.69) is 10.6 Å². The third kappa shape index (κ3) is 2.87. The molecule has 0 spiro atoms. The van der Waals surface area contributed by atoms with E-state index in [1.165, 1.54) is 38.5 Å². The fourth-order valence-corrected chi connectivity index (χ4v) is 4.29. The third-order valence-corrected chi connectivity index (χ3v) is 5.38. The highest BCUT2D eigenvalue weighted by Crippen LogP contribution is 2.47. The monoisotopic (exact) mass is 250 g/mol. The van der Waals surface area contributed by atoms with Gasteiger partial charge in [0.15, 0.2) is 0 Å². The van der Waals surface area contributed by atoms with E-state index < -0.39 is 0 Å². The molecule has 3 unspecified atom stereocenters. The quantitative estimate of drug-likeness (QED) is 0.800. The number of fused-ring (bicyclic) bond motifs is 2. The summed E-state index contributed by atoms with van der Waals surface area (Å²) in [5.74, 6) is 3.62. The molecule has 1 aliphatic heterocycles. The molecule has 3 heteroatoms. The average Bonchev–Trinajstić information content (AvgIpc) is 3.00. The van der Waals surface area contributed by atoms with Crippen LogP contribution in [0.1, 0.15) is 44.9 Å². The Morgan fingerprint density at radius 3 is 2.61 bits per heavy atom. The standard InChI is InChI=1S/C15H26N2O/c18-15(9-11-3-5-16-6-4-11)17-10-14-8-12-1-2-13(14)7-12/h11-14,16H,1-10H2,(H,17,18). The highest BCUT2D eigenvalue weighted by Gasteiger charge is 2.39. The first kappa shape index (κ1) is 12.5. The van der Waals surface area contributed by atoms with Gasteiger partial charge in [-0.1, -0.05) is 6.42 Å². The number of hydrogen-bond donors (Lipinski definition) is 2. The van der Waals surface area contributed by atoms with Gasteiger partial charge in [-0.25, -0.2) is 0 Å². The molecule has 18 heavy (non-hydrogen) atoms. The number of carbonyl (C=O) groups excluding carboxylic acids is 1. The van der Waals surface area contributed by atoms with Crippen LogP contribution in [-0.2, 0) is 4.79 Å². The van der Waals surface area contributed by atoms with Crippen molar-refractivity contribution in [3.05, 3.63) is 0 Å². The second-order valence-electron chi connectivity index (χ2n) is 6.64. The molecule has 2 bridgehead atoms. The molecule has 3 rings (SSSR count). The van der Waals surface area contributed by atoms with Gasteiger partial charge in [0.1, 0.15) is 0 Å². The van der Waals surface area contributed by atoms with Gasteiger partial charge < -0.3 is 10.6 Å². The molecule has 102 valence electrons. The van der Waals surface area contributed by atoms with Gasteiger partial charge in [0, 0.05) is 13.0 Å². The van der Waals surface area contributed by atoms with Gasteiger partial charge >= 0.3 is 0 Å². The van der Waals surface area contributed by atoms with E-state index in [0.717, 1.165) is 43.8 Å². The lowest BCUT2D eigenvalue weighted by Gasteiger charge is -2.24. The number of carbonyl (C=O) groups is 1. The molecule has 3 aliphatic rings. The Kier molecular flexibility index (Phi) is 3.88. The zero-order valence-electron chi connectivity index (χ0n) is 11.3. The Morgan fingerprint density at radius 1 is 1.11 bits per heavy atom. The molecule has 0 aromatic rings. The highest BCUT2D eigenvalue weighted by atomic mass is 16.1. The molecule has 3 atom stereocenters. The fourth-order valence-electron chi connectivity index (χ4n) is 4.29. The van der Waals surface area contributed by atoms with Gasteiger partial charge in [0.25, 0.3) is 0 Å². The maximum absolute atomic E-state index is 11.9. The summed E-state index contributed by atoms with van der Waals surface area (Å²) in [6.07, 6.45) is 8.77. The minimum absolute atomic E-state index is 0.296. The van der Waals surface area contributed by atoms with Crippen LogP contribution in [0.5, 0.6) is 0 Å². The first-order valence-corrected chi connectivity index (χ1v) is 7.78. The normalized spacial score (nSPS) is 35.9. The van der Waals surface area contributed by atoms with E-state index in [1.54, 1.807) is 0 Å². The summed E-state index contributed by atoms with van der Waals surface area (Å²) in [5.41, 5.74) is 0. The number of amides is 1. The summed E-state index contributed by atoms with van der Waals surface area (Å²) in [5, 5.41) is 6.55. The van der Waals surface area contributed by atoms with Crippen molar-refractivity contribution in [2.24, 2.45) is 23.7 Å². The molecule has 1 heterocycles. The fraction of sp³-hybridized carbons (Fsp3) is 0.933. The second-order valence-corrected chi connectivity index (χ2v) is 6.64. The molecule has 2 N–H and O–H groups in total. The molecular weight excluding hydrogens is 224 g/mol. The highest BCUT2D eigenvalue weighted by molar-refractivity contribution is 5.76. The minimum atomic E-state index is 0.296. The van der Waals surface area contributed by atoms with Crippen LogP contribution in [0, 0.1) is 23.7 Å². The zero-order chi connectivity index (χ0) is 12.4. The Bertz CT molecular complexity index is 299. The van der Waals surface area contributed by atoms with Crippen molar-refractivity contribution in [3.63, 3.8) is 0 Å². The van der Waals surface area contributed by atoms with Crippen molar-refractivity contribution < 1.29 is 4.79 Å². The predicted molar refractivity (Wildman–Crippen MR) is 72.2 cm³/mol. The third-order valence-electron chi connectivity index (χ3n) is 5.38. The summed E-state index contributed by atoms with van der Waals surface area (Å²) in [4.78, 5) is 11.9. The van der Waals surface area contributed by atoms with Crippen LogP contribution in [0.2, 0.25) is 0 Å². The van der Waals surface area contributed by atoms with Crippen molar-refractivity contribution in [2.75, 3.05) is 19.6 Å². The van der Waals surface area contributed by atoms with Gasteiger partial charge in [-0.15, -0.1) is 0 Å². The van der Waals surface area contributed by atoms with E-state index >= 15 is 0 Å². The van der Waals surface area contributed by atoms with Crippen LogP contribution < -0.4 is 10.6 Å². The van der Waals surface area contributed by atoms with Crippen molar-refractivity contribution in [1.82, 2.24) is 10.6 Å². The van der Waals surface area contributed by atoms with Gasteiger partial charge in [0.05, 0.1) is 0 Å². The van der Waals surface area contributed by atoms with Gasteiger partial charge in [-0.3, -0.25) is 4.79 Å². The van der Waals surface area contributed by atoms with Crippen LogP contribution in [0.3, 0.4) is 0 Å². The maximum Gasteiger partial charge on any atom is 0.220 e.